The van der Waals surface area contributed by atoms with Gasteiger partial charge in [0.05, 0.1) is 0 Å². The van der Waals surface area contributed by atoms with Crippen molar-refractivity contribution in [3.05, 3.63) is 12.7 Å². The van der Waals surface area contributed by atoms with Gasteiger partial charge in [0.25, 0.3) is 0 Å². The second-order valence-electron chi connectivity index (χ2n) is 3.48. The Morgan fingerprint density at radius 1 is 1.60 bits per heavy atom. The lowest BCUT2D eigenvalue weighted by atomic mass is 10.0. The van der Waals surface area contributed by atoms with Crippen LogP contribution in [-0.2, 0) is 0 Å². The molecule has 10 heavy (non-hydrogen) atoms. The molecule has 58 valence electrons. The van der Waals surface area contributed by atoms with Crippen molar-refractivity contribution in [1.29, 1.82) is 0 Å². The molecule has 1 aliphatic rings. The molecule has 0 aromatic carbocycles. The van der Waals surface area contributed by atoms with Gasteiger partial charge in [-0.1, -0.05) is 19.9 Å². The molecule has 0 atom stereocenters. The summed E-state index contributed by atoms with van der Waals surface area (Å²) in [7, 11) is 0. The Labute approximate surface area is 63.5 Å². The first kappa shape index (κ1) is 7.80. The molecule has 1 N–H and O–H groups in total. The van der Waals surface area contributed by atoms with E-state index in [0.717, 1.165) is 12.5 Å². The summed E-state index contributed by atoms with van der Waals surface area (Å²) in [5.41, 5.74) is 0.480. The highest BCUT2D eigenvalue weighted by Crippen LogP contribution is 2.41. The topological polar surface area (TPSA) is 12.0 Å². The lowest BCUT2D eigenvalue weighted by Gasteiger charge is -2.20. The third-order valence-corrected chi connectivity index (χ3v) is 2.49. The minimum atomic E-state index is 0.480. The van der Waals surface area contributed by atoms with Crippen molar-refractivity contribution >= 4 is 0 Å². The van der Waals surface area contributed by atoms with Gasteiger partial charge in [-0.2, -0.15) is 0 Å². The molecule has 1 fully saturated rings. The predicted octanol–water partition coefficient (Wildman–Crippen LogP) is 1.95. The third kappa shape index (κ3) is 1.40. The zero-order valence-corrected chi connectivity index (χ0v) is 6.98. The van der Waals surface area contributed by atoms with Crippen LogP contribution in [0.3, 0.4) is 0 Å². The summed E-state index contributed by atoms with van der Waals surface area (Å²) in [6.45, 7) is 9.21. The molecule has 0 aliphatic heterocycles. The maximum atomic E-state index is 3.69. The summed E-state index contributed by atoms with van der Waals surface area (Å²) in [6, 6.07) is 0. The molecule has 0 aromatic rings. The van der Waals surface area contributed by atoms with Gasteiger partial charge in [-0.25, -0.2) is 0 Å². The first-order chi connectivity index (χ1) is 4.71. The second-order valence-corrected chi connectivity index (χ2v) is 3.48. The van der Waals surface area contributed by atoms with E-state index in [-0.39, 0.29) is 0 Å². The zero-order chi connectivity index (χ0) is 7.61. The van der Waals surface area contributed by atoms with Crippen LogP contribution in [0.15, 0.2) is 12.7 Å². The molecule has 0 saturated heterocycles. The van der Waals surface area contributed by atoms with Gasteiger partial charge in [-0.15, -0.1) is 6.58 Å². The molecule has 0 heterocycles. The molecular formula is C9H17N. The lowest BCUT2D eigenvalue weighted by molar-refractivity contribution is 0.395. The predicted molar refractivity (Wildman–Crippen MR) is 45.0 cm³/mol. The maximum absolute atomic E-state index is 3.69. The van der Waals surface area contributed by atoms with Crippen LogP contribution in [0.2, 0.25) is 0 Å². The molecule has 0 spiro atoms. The Bertz CT molecular complexity index is 123. The molecular weight excluding hydrogens is 122 g/mol. The second kappa shape index (κ2) is 2.75. The molecule has 0 amide bonds. The SMILES string of the molecule is C=CCNC1(C(C)C)CC1. The van der Waals surface area contributed by atoms with E-state index < -0.39 is 0 Å². The standard InChI is InChI=1S/C9H17N/c1-4-7-10-9(5-6-9)8(2)3/h4,8,10H,1,5-7H2,2-3H3. The highest BCUT2D eigenvalue weighted by molar-refractivity contribution is 5.04. The average Bonchev–Trinajstić information content (AvgIpc) is 2.64. The first-order valence-corrected chi connectivity index (χ1v) is 4.07. The number of hydrogen-bond acceptors (Lipinski definition) is 1. The summed E-state index contributed by atoms with van der Waals surface area (Å²) in [6.07, 6.45) is 4.62. The van der Waals surface area contributed by atoms with Gasteiger partial charge >= 0.3 is 0 Å². The molecule has 1 heteroatoms. The van der Waals surface area contributed by atoms with Crippen LogP contribution in [0.1, 0.15) is 26.7 Å². The minimum Gasteiger partial charge on any atom is -0.308 e. The summed E-state index contributed by atoms with van der Waals surface area (Å²) in [5.74, 6) is 0.771. The fourth-order valence-corrected chi connectivity index (χ4v) is 1.37. The first-order valence-electron chi connectivity index (χ1n) is 4.07. The molecule has 1 rings (SSSR count). The molecule has 1 saturated carbocycles. The van der Waals surface area contributed by atoms with Gasteiger partial charge in [0.2, 0.25) is 0 Å². The van der Waals surface area contributed by atoms with Crippen LogP contribution in [0, 0.1) is 5.92 Å². The van der Waals surface area contributed by atoms with Crippen molar-refractivity contribution in [1.82, 2.24) is 5.32 Å². The monoisotopic (exact) mass is 139 g/mol. The highest BCUT2D eigenvalue weighted by atomic mass is 15.0. The van der Waals surface area contributed by atoms with Crippen molar-refractivity contribution in [2.24, 2.45) is 5.92 Å². The fraction of sp³-hybridized carbons (Fsp3) is 0.778. The third-order valence-electron chi connectivity index (χ3n) is 2.49. The van der Waals surface area contributed by atoms with Crippen LogP contribution in [-0.4, -0.2) is 12.1 Å². The van der Waals surface area contributed by atoms with Crippen molar-refractivity contribution in [3.8, 4) is 0 Å². The highest BCUT2D eigenvalue weighted by Gasteiger charge is 2.44. The maximum Gasteiger partial charge on any atom is 0.0208 e. The van der Waals surface area contributed by atoms with Gasteiger partial charge < -0.3 is 5.32 Å². The van der Waals surface area contributed by atoms with Crippen LogP contribution in [0.25, 0.3) is 0 Å². The van der Waals surface area contributed by atoms with Crippen molar-refractivity contribution in [2.45, 2.75) is 32.2 Å². The van der Waals surface area contributed by atoms with Gasteiger partial charge in [-0.3, -0.25) is 0 Å². The van der Waals surface area contributed by atoms with E-state index in [0.29, 0.717) is 5.54 Å². The Morgan fingerprint density at radius 2 is 2.20 bits per heavy atom. The summed E-state index contributed by atoms with van der Waals surface area (Å²) in [5, 5.41) is 3.50. The van der Waals surface area contributed by atoms with Crippen LogP contribution in [0.4, 0.5) is 0 Å². The van der Waals surface area contributed by atoms with Crippen molar-refractivity contribution in [3.63, 3.8) is 0 Å². The Balaban J connectivity index is 2.30. The summed E-state index contributed by atoms with van der Waals surface area (Å²) in [4.78, 5) is 0. The van der Waals surface area contributed by atoms with Gasteiger partial charge in [0.1, 0.15) is 0 Å². The van der Waals surface area contributed by atoms with E-state index in [1.54, 1.807) is 0 Å². The van der Waals surface area contributed by atoms with E-state index in [1.165, 1.54) is 12.8 Å². The zero-order valence-electron chi connectivity index (χ0n) is 6.98. The molecule has 0 bridgehead atoms. The van der Waals surface area contributed by atoms with E-state index >= 15 is 0 Å². The van der Waals surface area contributed by atoms with Crippen molar-refractivity contribution in [2.75, 3.05) is 6.54 Å². The van der Waals surface area contributed by atoms with E-state index in [2.05, 4.69) is 25.7 Å². The molecule has 1 aliphatic carbocycles. The molecule has 0 unspecified atom stereocenters. The average molecular weight is 139 g/mol. The quantitative estimate of drug-likeness (QED) is 0.587. The van der Waals surface area contributed by atoms with E-state index in [1.807, 2.05) is 6.08 Å². The number of nitrogens with one attached hydrogen (secondary N) is 1. The van der Waals surface area contributed by atoms with Gasteiger partial charge in [0.15, 0.2) is 0 Å². The summed E-state index contributed by atoms with van der Waals surface area (Å²) < 4.78 is 0. The normalized spacial score (nSPS) is 21.1. The van der Waals surface area contributed by atoms with Crippen molar-refractivity contribution < 1.29 is 0 Å². The Morgan fingerprint density at radius 3 is 2.50 bits per heavy atom. The molecule has 0 aromatic heterocycles. The Kier molecular flexibility index (Phi) is 2.14. The summed E-state index contributed by atoms with van der Waals surface area (Å²) >= 11 is 0. The van der Waals surface area contributed by atoms with Crippen LogP contribution in [0.5, 0.6) is 0 Å². The van der Waals surface area contributed by atoms with E-state index in [4.69, 9.17) is 0 Å². The van der Waals surface area contributed by atoms with Gasteiger partial charge in [-0.05, 0) is 18.8 Å². The van der Waals surface area contributed by atoms with Crippen LogP contribution < -0.4 is 5.32 Å². The lowest BCUT2D eigenvalue weighted by Crippen LogP contribution is -2.36. The molecule has 1 nitrogen and oxygen atoms in total. The largest absolute Gasteiger partial charge is 0.308 e. The van der Waals surface area contributed by atoms with Crippen LogP contribution >= 0.6 is 0 Å². The fourth-order valence-electron chi connectivity index (χ4n) is 1.37. The number of rotatable bonds is 4. The smallest absolute Gasteiger partial charge is 0.0208 e. The van der Waals surface area contributed by atoms with Gasteiger partial charge in [0, 0.05) is 12.1 Å². The number of hydrogen-bond donors (Lipinski definition) is 1. The molecule has 0 radical (unpaired) electrons. The Hall–Kier alpha value is -0.300. The van der Waals surface area contributed by atoms with E-state index in [9.17, 15) is 0 Å². The minimum absolute atomic E-state index is 0.480.